The Morgan fingerprint density at radius 2 is 1.00 bits per heavy atom. The molecule has 0 saturated carbocycles. The van der Waals surface area contributed by atoms with Crippen molar-refractivity contribution in [3.05, 3.63) is 72.5 Å². The average molecular weight is 382 g/mol. The molecule has 7 nitrogen and oxygen atoms in total. The van der Waals surface area contributed by atoms with Crippen LogP contribution in [0, 0.1) is 5.41 Å². The molecule has 0 bridgehead atoms. The Hall–Kier alpha value is -3.48. The van der Waals surface area contributed by atoms with Crippen molar-refractivity contribution in [2.45, 2.75) is 26.2 Å². The smallest absolute Gasteiger partial charge is 0.204 e. The third-order valence-corrected chi connectivity index (χ3v) is 4.53. The molecule has 0 aliphatic rings. The van der Waals surface area contributed by atoms with Crippen molar-refractivity contribution in [2.24, 2.45) is 5.41 Å². The maximum Gasteiger partial charge on any atom is 0.204 e. The Labute approximate surface area is 160 Å². The summed E-state index contributed by atoms with van der Waals surface area (Å²) in [6.07, 6.45) is 3.02. The molecule has 0 radical (unpaired) electrons. The van der Waals surface area contributed by atoms with E-state index in [1.54, 1.807) is 18.2 Å². The molecule has 0 amide bonds. The van der Waals surface area contributed by atoms with Crippen LogP contribution in [0.5, 0.6) is 0 Å². The van der Waals surface area contributed by atoms with Crippen molar-refractivity contribution >= 4 is 23.1 Å². The average Bonchev–Trinajstić information content (AvgIpc) is 3.38. The van der Waals surface area contributed by atoms with Gasteiger partial charge in [-0.3, -0.25) is 19.2 Å². The monoisotopic (exact) mass is 382 g/mol. The van der Waals surface area contributed by atoms with Crippen molar-refractivity contribution < 1.29 is 32.4 Å². The minimum Gasteiger partial charge on any atom is -0.469 e. The second kappa shape index (κ2) is 8.04. The Kier molecular flexibility index (Phi) is 5.54. The van der Waals surface area contributed by atoms with Gasteiger partial charge in [0.25, 0.3) is 0 Å². The van der Waals surface area contributed by atoms with E-state index < -0.39 is 28.5 Å². The molecule has 28 heavy (non-hydrogen) atoms. The fourth-order valence-corrected chi connectivity index (χ4v) is 3.17. The van der Waals surface area contributed by atoms with Crippen LogP contribution in [0.4, 0.5) is 0 Å². The Morgan fingerprint density at radius 3 is 1.21 bits per heavy atom. The maximum absolute atomic E-state index is 13.1. The van der Waals surface area contributed by atoms with Gasteiger partial charge >= 0.3 is 0 Å². The van der Waals surface area contributed by atoms with Crippen molar-refractivity contribution in [3.63, 3.8) is 0 Å². The summed E-state index contributed by atoms with van der Waals surface area (Å²) in [4.78, 5) is 52.0. The highest BCUT2D eigenvalue weighted by molar-refractivity contribution is 6.39. The van der Waals surface area contributed by atoms with Gasteiger partial charge in [-0.2, -0.15) is 0 Å². The van der Waals surface area contributed by atoms with Gasteiger partial charge in [-0.15, -0.1) is 0 Å². The van der Waals surface area contributed by atoms with Gasteiger partial charge in [-0.25, -0.2) is 0 Å². The molecule has 3 aromatic heterocycles. The van der Waals surface area contributed by atoms with Crippen LogP contribution in [0.15, 0.2) is 68.4 Å². The first-order valence-corrected chi connectivity index (χ1v) is 8.62. The molecule has 0 saturated heterocycles. The predicted octanol–water partition coefficient (Wildman–Crippen LogP) is 2.78. The predicted molar refractivity (Wildman–Crippen MR) is 95.4 cm³/mol. The van der Waals surface area contributed by atoms with E-state index in [-0.39, 0.29) is 36.5 Å². The Balaban J connectivity index is 2.00. The summed E-state index contributed by atoms with van der Waals surface area (Å²) in [6.45, 7) is 1.07. The summed E-state index contributed by atoms with van der Waals surface area (Å²) < 4.78 is 15.5. The largest absolute Gasteiger partial charge is 0.469 e. The number of carbonyl (C=O) groups excluding carboxylic acids is 4. The molecule has 0 aromatic carbocycles. The van der Waals surface area contributed by atoms with E-state index in [1.165, 1.54) is 37.0 Å². The van der Waals surface area contributed by atoms with E-state index in [1.807, 2.05) is 0 Å². The number of rotatable bonds is 10. The number of ketones is 4. The molecule has 144 valence electrons. The highest BCUT2D eigenvalue weighted by atomic mass is 16.3. The van der Waals surface area contributed by atoms with Gasteiger partial charge in [0.2, 0.25) is 5.41 Å². The maximum atomic E-state index is 13.1. The molecule has 0 aliphatic carbocycles. The zero-order valence-corrected chi connectivity index (χ0v) is 15.2. The molecule has 0 fully saturated rings. The zero-order chi connectivity index (χ0) is 20.1. The lowest BCUT2D eigenvalue weighted by Gasteiger charge is -2.26. The topological polar surface area (TPSA) is 108 Å². The molecule has 3 rings (SSSR count). The summed E-state index contributed by atoms with van der Waals surface area (Å²) in [7, 11) is 0. The van der Waals surface area contributed by atoms with Crippen molar-refractivity contribution in [2.75, 3.05) is 0 Å². The van der Waals surface area contributed by atoms with Crippen molar-refractivity contribution in [3.8, 4) is 0 Å². The lowest BCUT2D eigenvalue weighted by Crippen LogP contribution is -2.53. The van der Waals surface area contributed by atoms with E-state index in [9.17, 15) is 19.2 Å². The van der Waals surface area contributed by atoms with E-state index in [0.717, 1.165) is 6.92 Å². The quantitative estimate of drug-likeness (QED) is 0.496. The SMILES string of the molecule is CC(=O)C(C(=O)Cc1ccco1)(C(=O)Cc1ccco1)C(=O)Cc1ccco1. The molecule has 0 atom stereocenters. The first-order chi connectivity index (χ1) is 13.4. The van der Waals surface area contributed by atoms with E-state index in [2.05, 4.69) is 0 Å². The fraction of sp³-hybridized carbons (Fsp3) is 0.238. The van der Waals surface area contributed by atoms with Gasteiger partial charge in [0.1, 0.15) is 17.3 Å². The van der Waals surface area contributed by atoms with Crippen LogP contribution in [-0.2, 0) is 38.4 Å². The fourth-order valence-electron chi connectivity index (χ4n) is 3.17. The third kappa shape index (κ3) is 3.64. The van der Waals surface area contributed by atoms with Crippen molar-refractivity contribution in [1.29, 1.82) is 0 Å². The molecule has 0 unspecified atom stereocenters. The van der Waals surface area contributed by atoms with Gasteiger partial charge in [-0.1, -0.05) is 0 Å². The molecule has 3 aromatic rings. The van der Waals surface area contributed by atoms with Crippen LogP contribution >= 0.6 is 0 Å². The van der Waals surface area contributed by atoms with E-state index in [4.69, 9.17) is 13.3 Å². The molecule has 0 aliphatic heterocycles. The summed E-state index contributed by atoms with van der Waals surface area (Å²) in [5.41, 5.74) is -2.45. The number of Topliss-reactive ketones (excluding diaryl/α,β-unsaturated/α-hetero) is 4. The second-order valence-electron chi connectivity index (χ2n) is 6.34. The van der Waals surface area contributed by atoms with Gasteiger partial charge in [-0.05, 0) is 43.3 Å². The molecule has 7 heteroatoms. The molecule has 0 N–H and O–H groups in total. The first-order valence-electron chi connectivity index (χ1n) is 8.62. The minimum atomic E-state index is -2.45. The zero-order valence-electron chi connectivity index (χ0n) is 15.2. The third-order valence-electron chi connectivity index (χ3n) is 4.53. The van der Waals surface area contributed by atoms with Gasteiger partial charge < -0.3 is 13.3 Å². The van der Waals surface area contributed by atoms with E-state index in [0.29, 0.717) is 0 Å². The van der Waals surface area contributed by atoms with Gasteiger partial charge in [0.05, 0.1) is 38.1 Å². The summed E-state index contributed by atoms with van der Waals surface area (Å²) in [6, 6.07) is 9.35. The highest BCUT2D eigenvalue weighted by Gasteiger charge is 2.55. The lowest BCUT2D eigenvalue weighted by molar-refractivity contribution is -0.153. The first kappa shape index (κ1) is 19.3. The second-order valence-corrected chi connectivity index (χ2v) is 6.34. The van der Waals surface area contributed by atoms with Gasteiger partial charge in [0, 0.05) is 0 Å². The molecular formula is C21H18O7. The van der Waals surface area contributed by atoms with Crippen LogP contribution in [-0.4, -0.2) is 23.1 Å². The Morgan fingerprint density at radius 1 is 0.679 bits per heavy atom. The highest BCUT2D eigenvalue weighted by Crippen LogP contribution is 2.29. The van der Waals surface area contributed by atoms with Crippen LogP contribution in [0.1, 0.15) is 24.2 Å². The minimum absolute atomic E-state index is 0.257. The summed E-state index contributed by atoms with van der Waals surface area (Å²) >= 11 is 0. The molecule has 0 spiro atoms. The number of furan rings is 3. The number of hydrogen-bond donors (Lipinski definition) is 0. The summed E-state index contributed by atoms with van der Waals surface area (Å²) in [5, 5.41) is 0. The standard InChI is InChI=1S/C21H18O7/c1-14(22)21(18(23)11-15-5-2-8-26-15,19(24)12-16-6-3-9-27-16)20(25)13-17-7-4-10-28-17/h2-10H,11-13H2,1H3. The van der Waals surface area contributed by atoms with Gasteiger partial charge in [0.15, 0.2) is 23.1 Å². The van der Waals surface area contributed by atoms with Crippen LogP contribution in [0.3, 0.4) is 0 Å². The molecular weight excluding hydrogens is 364 g/mol. The Bertz CT molecular complexity index is 843. The number of carbonyl (C=O) groups is 4. The number of hydrogen-bond acceptors (Lipinski definition) is 7. The van der Waals surface area contributed by atoms with Crippen LogP contribution < -0.4 is 0 Å². The summed E-state index contributed by atoms with van der Waals surface area (Å²) in [5.74, 6) is -2.56. The van der Waals surface area contributed by atoms with E-state index >= 15 is 0 Å². The van der Waals surface area contributed by atoms with Crippen molar-refractivity contribution in [1.82, 2.24) is 0 Å². The van der Waals surface area contributed by atoms with Crippen LogP contribution in [0.25, 0.3) is 0 Å². The normalized spacial score (nSPS) is 11.3. The molecule has 3 heterocycles. The van der Waals surface area contributed by atoms with Crippen LogP contribution in [0.2, 0.25) is 0 Å². The lowest BCUT2D eigenvalue weighted by atomic mass is 9.69.